The normalized spacial score (nSPS) is 17.8. The molecular weight excluding hydrogens is 312 g/mol. The van der Waals surface area contributed by atoms with E-state index < -0.39 is 0 Å². The summed E-state index contributed by atoms with van der Waals surface area (Å²) in [6, 6.07) is 8.38. The highest BCUT2D eigenvalue weighted by Crippen LogP contribution is 2.27. The minimum Gasteiger partial charge on any atom is -0.354 e. The first-order chi connectivity index (χ1) is 11.2. The second-order valence-electron chi connectivity index (χ2n) is 5.79. The number of pyridine rings is 2. The average Bonchev–Trinajstić information content (AvgIpc) is 3.16. The summed E-state index contributed by atoms with van der Waals surface area (Å²) in [5, 5.41) is 8.02. The summed E-state index contributed by atoms with van der Waals surface area (Å²) >= 11 is 6.14. The minimum absolute atomic E-state index is 0.534. The highest BCUT2D eigenvalue weighted by molar-refractivity contribution is 6.30. The lowest BCUT2D eigenvalue weighted by Crippen LogP contribution is -2.27. The number of anilines is 3. The molecule has 1 aliphatic heterocycles. The van der Waals surface area contributed by atoms with E-state index in [1.165, 1.54) is 19.2 Å². The first-order valence-corrected chi connectivity index (χ1v) is 8.08. The van der Waals surface area contributed by atoms with Crippen molar-refractivity contribution < 1.29 is 0 Å². The zero-order valence-corrected chi connectivity index (χ0v) is 13.5. The molecule has 1 N–H and O–H groups in total. The number of nitrogens with zero attached hydrogens (tertiary/aromatic N) is 5. The lowest BCUT2D eigenvalue weighted by Gasteiger charge is -2.23. The molecule has 1 atom stereocenters. The van der Waals surface area contributed by atoms with Gasteiger partial charge in [-0.15, -0.1) is 0 Å². The Morgan fingerprint density at radius 3 is 3.09 bits per heavy atom. The van der Waals surface area contributed by atoms with Gasteiger partial charge in [-0.25, -0.2) is 14.5 Å². The van der Waals surface area contributed by atoms with E-state index in [-0.39, 0.29) is 0 Å². The van der Waals surface area contributed by atoms with Gasteiger partial charge in [-0.1, -0.05) is 17.7 Å². The number of fused-ring (bicyclic) bond motifs is 1. The highest BCUT2D eigenvalue weighted by Gasteiger charge is 2.21. The molecule has 6 nitrogen and oxygen atoms in total. The van der Waals surface area contributed by atoms with E-state index >= 15 is 0 Å². The molecule has 7 heteroatoms. The van der Waals surface area contributed by atoms with Crippen LogP contribution in [0.1, 0.15) is 19.8 Å². The van der Waals surface area contributed by atoms with Crippen molar-refractivity contribution in [2.75, 3.05) is 16.8 Å². The number of aromatic nitrogens is 4. The number of hydrogen-bond donors (Lipinski definition) is 1. The highest BCUT2D eigenvalue weighted by atomic mass is 35.5. The van der Waals surface area contributed by atoms with Crippen LogP contribution in [0.3, 0.4) is 0 Å². The van der Waals surface area contributed by atoms with E-state index in [1.54, 1.807) is 10.7 Å². The molecule has 0 spiro atoms. The van der Waals surface area contributed by atoms with E-state index in [0.717, 1.165) is 29.5 Å². The Balaban J connectivity index is 1.67. The first kappa shape index (κ1) is 14.3. The molecule has 0 radical (unpaired) electrons. The number of halogens is 1. The molecule has 3 aromatic heterocycles. The number of hydrogen-bond acceptors (Lipinski definition) is 5. The molecule has 1 unspecified atom stereocenters. The second kappa shape index (κ2) is 5.70. The molecule has 0 amide bonds. The molecule has 1 saturated heterocycles. The Bertz CT molecular complexity index is 845. The van der Waals surface area contributed by atoms with Crippen molar-refractivity contribution in [3.05, 3.63) is 41.8 Å². The fourth-order valence-electron chi connectivity index (χ4n) is 3.05. The second-order valence-corrected chi connectivity index (χ2v) is 6.23. The van der Waals surface area contributed by atoms with Crippen molar-refractivity contribution in [2.24, 2.45) is 0 Å². The van der Waals surface area contributed by atoms with Crippen molar-refractivity contribution >= 4 is 34.6 Å². The van der Waals surface area contributed by atoms with Gasteiger partial charge >= 0.3 is 0 Å². The SMILES string of the molecule is CC1CCCN1c1cccc(Nc2cc(Cl)cn3ncnc23)n1. The van der Waals surface area contributed by atoms with Gasteiger partial charge in [0.25, 0.3) is 0 Å². The maximum absolute atomic E-state index is 6.14. The fourth-order valence-corrected chi connectivity index (χ4v) is 3.25. The Hall–Kier alpha value is -2.34. The van der Waals surface area contributed by atoms with E-state index in [4.69, 9.17) is 16.6 Å². The maximum atomic E-state index is 6.14. The number of rotatable bonds is 3. The molecule has 23 heavy (non-hydrogen) atoms. The quantitative estimate of drug-likeness (QED) is 0.797. The predicted octanol–water partition coefficient (Wildman–Crippen LogP) is 3.51. The zero-order chi connectivity index (χ0) is 15.8. The Morgan fingerprint density at radius 2 is 2.26 bits per heavy atom. The Kier molecular flexibility index (Phi) is 3.53. The molecule has 0 saturated carbocycles. The smallest absolute Gasteiger partial charge is 0.178 e. The molecule has 118 valence electrons. The van der Waals surface area contributed by atoms with Gasteiger partial charge in [0.2, 0.25) is 0 Å². The Morgan fingerprint density at radius 1 is 1.35 bits per heavy atom. The van der Waals surface area contributed by atoms with Crippen LogP contribution in [-0.4, -0.2) is 32.2 Å². The van der Waals surface area contributed by atoms with Crippen molar-refractivity contribution in [3.8, 4) is 0 Å². The van der Waals surface area contributed by atoms with Gasteiger partial charge in [-0.3, -0.25) is 0 Å². The largest absolute Gasteiger partial charge is 0.354 e. The van der Waals surface area contributed by atoms with Gasteiger partial charge in [0.1, 0.15) is 18.0 Å². The zero-order valence-electron chi connectivity index (χ0n) is 12.8. The summed E-state index contributed by atoms with van der Waals surface area (Å²) < 4.78 is 1.65. The summed E-state index contributed by atoms with van der Waals surface area (Å²) in [5.41, 5.74) is 1.50. The van der Waals surface area contributed by atoms with E-state index in [9.17, 15) is 0 Å². The number of nitrogens with one attached hydrogen (secondary N) is 1. The van der Waals surface area contributed by atoms with E-state index in [0.29, 0.717) is 11.1 Å². The van der Waals surface area contributed by atoms with E-state index in [1.807, 2.05) is 18.2 Å². The molecule has 4 heterocycles. The Labute approximate surface area is 139 Å². The summed E-state index contributed by atoms with van der Waals surface area (Å²) in [4.78, 5) is 11.3. The van der Waals surface area contributed by atoms with Crippen LogP contribution in [0, 0.1) is 0 Å². The summed E-state index contributed by atoms with van der Waals surface area (Å²) in [7, 11) is 0. The molecule has 0 bridgehead atoms. The van der Waals surface area contributed by atoms with Gasteiger partial charge in [0, 0.05) is 18.8 Å². The maximum Gasteiger partial charge on any atom is 0.178 e. The third kappa shape index (κ3) is 2.70. The molecular formula is C16H17ClN6. The summed E-state index contributed by atoms with van der Waals surface area (Å²) in [5.74, 6) is 1.77. The molecule has 3 aromatic rings. The van der Waals surface area contributed by atoms with Crippen LogP contribution < -0.4 is 10.2 Å². The van der Waals surface area contributed by atoms with Gasteiger partial charge in [-0.05, 0) is 38.0 Å². The van der Waals surface area contributed by atoms with Crippen molar-refractivity contribution in [2.45, 2.75) is 25.8 Å². The molecule has 1 fully saturated rings. The van der Waals surface area contributed by atoms with Gasteiger partial charge in [-0.2, -0.15) is 5.10 Å². The van der Waals surface area contributed by atoms with Crippen LogP contribution in [0.4, 0.5) is 17.3 Å². The van der Waals surface area contributed by atoms with E-state index in [2.05, 4.69) is 33.3 Å². The third-order valence-corrected chi connectivity index (χ3v) is 4.39. The van der Waals surface area contributed by atoms with Gasteiger partial charge in [0.05, 0.1) is 10.7 Å². The third-order valence-electron chi connectivity index (χ3n) is 4.19. The fraction of sp³-hybridized carbons (Fsp3) is 0.312. The van der Waals surface area contributed by atoms with Crippen LogP contribution >= 0.6 is 11.6 Å². The van der Waals surface area contributed by atoms with Crippen molar-refractivity contribution in [1.29, 1.82) is 0 Å². The molecule has 0 aromatic carbocycles. The molecule has 1 aliphatic rings. The van der Waals surface area contributed by atoms with Crippen molar-refractivity contribution in [3.63, 3.8) is 0 Å². The topological polar surface area (TPSA) is 58.4 Å². The van der Waals surface area contributed by atoms with Crippen LogP contribution in [0.25, 0.3) is 5.65 Å². The molecule has 4 rings (SSSR count). The lowest BCUT2D eigenvalue weighted by atomic mass is 10.2. The standard InChI is InChI=1S/C16H17ClN6/c1-11-4-3-7-22(11)15-6-2-5-14(21-15)20-13-8-12(17)9-23-16(13)18-10-19-23/h2,5-6,8-11H,3-4,7H2,1H3,(H,20,21). The minimum atomic E-state index is 0.534. The monoisotopic (exact) mass is 328 g/mol. The van der Waals surface area contributed by atoms with Crippen LogP contribution in [0.15, 0.2) is 36.8 Å². The van der Waals surface area contributed by atoms with Crippen LogP contribution in [0.2, 0.25) is 5.02 Å². The van der Waals surface area contributed by atoms with Crippen molar-refractivity contribution in [1.82, 2.24) is 19.6 Å². The lowest BCUT2D eigenvalue weighted by molar-refractivity contribution is 0.727. The first-order valence-electron chi connectivity index (χ1n) is 7.70. The van der Waals surface area contributed by atoms with Gasteiger partial charge in [0.15, 0.2) is 5.65 Å². The summed E-state index contributed by atoms with van der Waals surface area (Å²) in [6.45, 7) is 3.30. The van der Waals surface area contributed by atoms with Crippen LogP contribution in [0.5, 0.6) is 0 Å². The molecule has 0 aliphatic carbocycles. The van der Waals surface area contributed by atoms with Crippen LogP contribution in [-0.2, 0) is 0 Å². The average molecular weight is 329 g/mol. The summed E-state index contributed by atoms with van der Waals surface area (Å²) in [6.07, 6.45) is 5.67. The van der Waals surface area contributed by atoms with Gasteiger partial charge < -0.3 is 10.2 Å². The predicted molar refractivity (Wildman–Crippen MR) is 91.6 cm³/mol.